The molecule has 1 fully saturated rings. The molecule has 1 aromatic rings. The van der Waals surface area contributed by atoms with E-state index in [0.717, 1.165) is 17.9 Å². The zero-order valence-electron chi connectivity index (χ0n) is 8.89. The van der Waals surface area contributed by atoms with Crippen LogP contribution in [-0.4, -0.2) is 17.6 Å². The van der Waals surface area contributed by atoms with E-state index in [1.165, 1.54) is 12.8 Å². The van der Waals surface area contributed by atoms with E-state index in [0.29, 0.717) is 12.6 Å². The van der Waals surface area contributed by atoms with Crippen molar-refractivity contribution in [2.75, 3.05) is 11.4 Å². The van der Waals surface area contributed by atoms with Gasteiger partial charge in [-0.05, 0) is 18.9 Å². The van der Waals surface area contributed by atoms with Crippen LogP contribution in [0.3, 0.4) is 0 Å². The average molecular weight is 203 g/mol. The first-order valence-electron chi connectivity index (χ1n) is 5.38. The molecule has 0 atom stereocenters. The third-order valence-corrected chi connectivity index (χ3v) is 2.67. The highest BCUT2D eigenvalue weighted by atomic mass is 15.2. The molecule has 1 aliphatic carbocycles. The molecule has 0 aromatic carbocycles. The zero-order chi connectivity index (χ0) is 10.7. The fourth-order valence-corrected chi connectivity index (χ4v) is 1.78. The molecule has 0 saturated heterocycles. The van der Waals surface area contributed by atoms with Crippen molar-refractivity contribution in [1.29, 1.82) is 0 Å². The van der Waals surface area contributed by atoms with E-state index in [1.54, 1.807) is 0 Å². The summed E-state index contributed by atoms with van der Waals surface area (Å²) in [4.78, 5) is 6.73. The Morgan fingerprint density at radius 3 is 3.00 bits per heavy atom. The molecular formula is C12H17N3. The molecule has 0 spiro atoms. The van der Waals surface area contributed by atoms with Crippen molar-refractivity contribution < 1.29 is 0 Å². The van der Waals surface area contributed by atoms with E-state index >= 15 is 0 Å². The molecule has 15 heavy (non-hydrogen) atoms. The summed E-state index contributed by atoms with van der Waals surface area (Å²) in [6, 6.07) is 4.62. The number of nitrogens with two attached hydrogens (primary N) is 1. The molecule has 2 N–H and O–H groups in total. The van der Waals surface area contributed by atoms with Crippen molar-refractivity contribution in [3.8, 4) is 0 Å². The van der Waals surface area contributed by atoms with Crippen LogP contribution in [0.1, 0.15) is 18.4 Å². The van der Waals surface area contributed by atoms with Gasteiger partial charge in [0.25, 0.3) is 0 Å². The lowest BCUT2D eigenvalue weighted by Gasteiger charge is -2.23. The fourth-order valence-electron chi connectivity index (χ4n) is 1.78. The Labute approximate surface area is 90.6 Å². The molecular weight excluding hydrogens is 186 g/mol. The quantitative estimate of drug-likeness (QED) is 0.740. The largest absolute Gasteiger partial charge is 0.350 e. The molecule has 3 heteroatoms. The first kappa shape index (κ1) is 10.2. The van der Waals surface area contributed by atoms with Crippen molar-refractivity contribution >= 4 is 5.82 Å². The third-order valence-electron chi connectivity index (χ3n) is 2.67. The van der Waals surface area contributed by atoms with Crippen LogP contribution in [0.25, 0.3) is 0 Å². The average Bonchev–Trinajstić information content (AvgIpc) is 3.10. The summed E-state index contributed by atoms with van der Waals surface area (Å²) in [5.74, 6) is 1.03. The van der Waals surface area contributed by atoms with Crippen LogP contribution in [0.5, 0.6) is 0 Å². The molecule has 0 bridgehead atoms. The lowest BCUT2D eigenvalue weighted by molar-refractivity contribution is 0.826. The topological polar surface area (TPSA) is 42.2 Å². The smallest absolute Gasteiger partial charge is 0.133 e. The van der Waals surface area contributed by atoms with Crippen molar-refractivity contribution in [3.05, 3.63) is 36.5 Å². The zero-order valence-corrected chi connectivity index (χ0v) is 8.89. The second-order valence-electron chi connectivity index (χ2n) is 3.86. The lowest BCUT2D eigenvalue weighted by Crippen LogP contribution is -2.28. The van der Waals surface area contributed by atoms with E-state index < -0.39 is 0 Å². The monoisotopic (exact) mass is 203 g/mol. The van der Waals surface area contributed by atoms with Crippen LogP contribution in [0.4, 0.5) is 5.82 Å². The van der Waals surface area contributed by atoms with Gasteiger partial charge < -0.3 is 10.6 Å². The predicted octanol–water partition coefficient (Wildman–Crippen LogP) is 1.70. The summed E-state index contributed by atoms with van der Waals surface area (Å²) in [7, 11) is 0. The maximum atomic E-state index is 5.71. The highest BCUT2D eigenvalue weighted by Gasteiger charge is 2.30. The van der Waals surface area contributed by atoms with Crippen LogP contribution in [-0.2, 0) is 6.54 Å². The van der Waals surface area contributed by atoms with E-state index in [4.69, 9.17) is 5.73 Å². The summed E-state index contributed by atoms with van der Waals surface area (Å²) in [5, 5.41) is 0. The number of pyridine rings is 1. The van der Waals surface area contributed by atoms with Gasteiger partial charge in [-0.2, -0.15) is 0 Å². The van der Waals surface area contributed by atoms with Crippen LogP contribution in [0.2, 0.25) is 0 Å². The summed E-state index contributed by atoms with van der Waals surface area (Å²) < 4.78 is 0. The van der Waals surface area contributed by atoms with Crippen molar-refractivity contribution in [3.63, 3.8) is 0 Å². The fraction of sp³-hybridized carbons (Fsp3) is 0.417. The summed E-state index contributed by atoms with van der Waals surface area (Å²) in [5.41, 5.74) is 6.83. The van der Waals surface area contributed by atoms with Gasteiger partial charge in [-0.3, -0.25) is 0 Å². The second kappa shape index (κ2) is 4.45. The normalized spacial score (nSPS) is 15.0. The van der Waals surface area contributed by atoms with Gasteiger partial charge >= 0.3 is 0 Å². The minimum absolute atomic E-state index is 0.545. The number of aromatic nitrogens is 1. The Balaban J connectivity index is 2.27. The minimum atomic E-state index is 0.545. The van der Waals surface area contributed by atoms with Gasteiger partial charge in [0.15, 0.2) is 0 Å². The first-order chi connectivity index (χ1) is 7.36. The van der Waals surface area contributed by atoms with Gasteiger partial charge in [-0.15, -0.1) is 6.58 Å². The Morgan fingerprint density at radius 2 is 2.40 bits per heavy atom. The van der Waals surface area contributed by atoms with Gasteiger partial charge in [0.05, 0.1) is 0 Å². The van der Waals surface area contributed by atoms with Gasteiger partial charge in [-0.25, -0.2) is 4.98 Å². The van der Waals surface area contributed by atoms with Crippen molar-refractivity contribution in [2.45, 2.75) is 25.4 Å². The molecule has 80 valence electrons. The summed E-state index contributed by atoms with van der Waals surface area (Å²) in [6.45, 7) is 5.19. The Morgan fingerprint density at radius 1 is 1.60 bits per heavy atom. The lowest BCUT2D eigenvalue weighted by atomic mass is 10.2. The predicted molar refractivity (Wildman–Crippen MR) is 62.7 cm³/mol. The number of hydrogen-bond acceptors (Lipinski definition) is 3. The molecule has 0 radical (unpaired) electrons. The van der Waals surface area contributed by atoms with Crippen LogP contribution in [0.15, 0.2) is 31.0 Å². The number of anilines is 1. The van der Waals surface area contributed by atoms with E-state index in [1.807, 2.05) is 24.4 Å². The van der Waals surface area contributed by atoms with Gasteiger partial charge in [0.1, 0.15) is 5.82 Å². The number of rotatable bonds is 5. The van der Waals surface area contributed by atoms with Crippen molar-refractivity contribution in [2.24, 2.45) is 5.73 Å². The third kappa shape index (κ3) is 2.18. The molecule has 1 aliphatic rings. The highest BCUT2D eigenvalue weighted by molar-refractivity contribution is 5.49. The molecule has 0 amide bonds. The maximum Gasteiger partial charge on any atom is 0.133 e. The summed E-state index contributed by atoms with van der Waals surface area (Å²) in [6.07, 6.45) is 6.27. The SMILES string of the molecule is C=CCN(c1ncccc1CN)C1CC1. The van der Waals surface area contributed by atoms with E-state index in [2.05, 4.69) is 16.5 Å². The van der Waals surface area contributed by atoms with Gasteiger partial charge in [-0.1, -0.05) is 12.1 Å². The van der Waals surface area contributed by atoms with Gasteiger partial charge in [0.2, 0.25) is 0 Å². The Bertz CT molecular complexity index is 344. The maximum absolute atomic E-state index is 5.71. The molecule has 0 unspecified atom stereocenters. The second-order valence-corrected chi connectivity index (χ2v) is 3.86. The molecule has 1 saturated carbocycles. The Hall–Kier alpha value is -1.35. The van der Waals surface area contributed by atoms with E-state index in [-0.39, 0.29) is 0 Å². The molecule has 0 aliphatic heterocycles. The molecule has 1 aromatic heterocycles. The molecule has 3 nitrogen and oxygen atoms in total. The number of nitrogens with zero attached hydrogens (tertiary/aromatic N) is 2. The highest BCUT2D eigenvalue weighted by Crippen LogP contribution is 2.31. The standard InChI is InChI=1S/C12H17N3/c1-2-8-15(11-5-6-11)12-10(9-13)4-3-7-14-12/h2-4,7,11H,1,5-6,8-9,13H2. The van der Waals surface area contributed by atoms with Crippen LogP contribution in [0, 0.1) is 0 Å². The molecule has 2 rings (SSSR count). The van der Waals surface area contributed by atoms with Crippen LogP contribution < -0.4 is 10.6 Å². The van der Waals surface area contributed by atoms with Crippen molar-refractivity contribution in [1.82, 2.24) is 4.98 Å². The van der Waals surface area contributed by atoms with E-state index in [9.17, 15) is 0 Å². The summed E-state index contributed by atoms with van der Waals surface area (Å²) >= 11 is 0. The molecule has 1 heterocycles. The van der Waals surface area contributed by atoms with Crippen LogP contribution >= 0.6 is 0 Å². The first-order valence-corrected chi connectivity index (χ1v) is 5.38. The number of hydrogen-bond donors (Lipinski definition) is 1. The van der Waals surface area contributed by atoms with Gasteiger partial charge in [0, 0.05) is 30.9 Å². The minimum Gasteiger partial charge on any atom is -0.350 e. The Kier molecular flexibility index (Phi) is 3.02.